The van der Waals surface area contributed by atoms with E-state index in [0.29, 0.717) is 6.42 Å². The lowest BCUT2D eigenvalue weighted by molar-refractivity contribution is 0.245. The van der Waals surface area contributed by atoms with E-state index in [9.17, 15) is 0 Å². The topological polar surface area (TPSA) is 27.0 Å². The maximum atomic E-state index is 8.68. The Labute approximate surface area is 120 Å². The monoisotopic (exact) mass is 262 g/mol. The maximum Gasteiger partial charge on any atom is 0.0669 e. The fourth-order valence-corrected chi connectivity index (χ4v) is 2.80. The van der Waals surface area contributed by atoms with Crippen LogP contribution in [0.5, 0.6) is 0 Å². The van der Waals surface area contributed by atoms with Gasteiger partial charge >= 0.3 is 0 Å². The number of hydrogen-bond acceptors (Lipinski definition) is 2. The Bertz CT molecular complexity index is 623. The first-order chi connectivity index (χ1) is 9.85. The fraction of sp³-hybridized carbons (Fsp3) is 0.278. The smallest absolute Gasteiger partial charge is 0.0669 e. The van der Waals surface area contributed by atoms with Crippen LogP contribution in [0.15, 0.2) is 48.5 Å². The highest BCUT2D eigenvalue weighted by molar-refractivity contribution is 5.30. The van der Waals surface area contributed by atoms with Crippen LogP contribution in [0.2, 0.25) is 0 Å². The first kappa shape index (κ1) is 12.9. The van der Waals surface area contributed by atoms with Crippen molar-refractivity contribution < 1.29 is 0 Å². The SMILES string of the molecule is N#CCc1ccc(CN2CCc3ccccc3C2)cc1. The molecule has 0 N–H and O–H groups in total. The summed E-state index contributed by atoms with van der Waals surface area (Å²) in [5.41, 5.74) is 5.37. The molecule has 2 heteroatoms. The zero-order chi connectivity index (χ0) is 13.8. The number of nitriles is 1. The van der Waals surface area contributed by atoms with E-state index in [1.807, 2.05) is 0 Å². The molecule has 0 spiro atoms. The van der Waals surface area contributed by atoms with Crippen molar-refractivity contribution >= 4 is 0 Å². The van der Waals surface area contributed by atoms with E-state index in [2.05, 4.69) is 59.5 Å². The van der Waals surface area contributed by atoms with Gasteiger partial charge in [0.25, 0.3) is 0 Å². The quantitative estimate of drug-likeness (QED) is 0.848. The van der Waals surface area contributed by atoms with Gasteiger partial charge in [-0.25, -0.2) is 0 Å². The lowest BCUT2D eigenvalue weighted by Crippen LogP contribution is -2.29. The Morgan fingerprint density at radius 3 is 2.40 bits per heavy atom. The maximum absolute atomic E-state index is 8.68. The highest BCUT2D eigenvalue weighted by Crippen LogP contribution is 2.20. The summed E-state index contributed by atoms with van der Waals surface area (Å²) in [5.74, 6) is 0. The number of benzene rings is 2. The Balaban J connectivity index is 1.66. The molecule has 100 valence electrons. The fourth-order valence-electron chi connectivity index (χ4n) is 2.80. The molecule has 1 heterocycles. The Morgan fingerprint density at radius 1 is 0.950 bits per heavy atom. The van der Waals surface area contributed by atoms with Crippen molar-refractivity contribution in [2.24, 2.45) is 0 Å². The van der Waals surface area contributed by atoms with Crippen LogP contribution < -0.4 is 0 Å². The summed E-state index contributed by atoms with van der Waals surface area (Å²) in [6, 6.07) is 19.3. The summed E-state index contributed by atoms with van der Waals surface area (Å²) in [6.07, 6.45) is 1.64. The normalized spacial score (nSPS) is 14.6. The molecule has 0 aliphatic carbocycles. The molecule has 0 fully saturated rings. The zero-order valence-corrected chi connectivity index (χ0v) is 11.5. The molecule has 0 bridgehead atoms. The van der Waals surface area contributed by atoms with Gasteiger partial charge in [-0.1, -0.05) is 48.5 Å². The summed E-state index contributed by atoms with van der Waals surface area (Å²) < 4.78 is 0. The van der Waals surface area contributed by atoms with Gasteiger partial charge in [0, 0.05) is 19.6 Å². The predicted molar refractivity (Wildman–Crippen MR) is 80.0 cm³/mol. The van der Waals surface area contributed by atoms with Gasteiger partial charge in [-0.3, -0.25) is 4.90 Å². The summed E-state index contributed by atoms with van der Waals surface area (Å²) >= 11 is 0. The van der Waals surface area contributed by atoms with E-state index >= 15 is 0 Å². The molecule has 0 atom stereocenters. The second-order valence-corrected chi connectivity index (χ2v) is 5.38. The van der Waals surface area contributed by atoms with Gasteiger partial charge in [0.1, 0.15) is 0 Å². The average molecular weight is 262 g/mol. The molecule has 0 radical (unpaired) electrons. The highest BCUT2D eigenvalue weighted by atomic mass is 15.1. The third-order valence-electron chi connectivity index (χ3n) is 3.92. The minimum absolute atomic E-state index is 0.497. The largest absolute Gasteiger partial charge is 0.294 e. The molecule has 1 aliphatic rings. The van der Waals surface area contributed by atoms with Crippen LogP contribution in [0.3, 0.4) is 0 Å². The zero-order valence-electron chi connectivity index (χ0n) is 11.5. The second-order valence-electron chi connectivity index (χ2n) is 5.38. The summed E-state index contributed by atoms with van der Waals surface area (Å²) in [5, 5.41) is 8.68. The number of rotatable bonds is 3. The van der Waals surface area contributed by atoms with Crippen molar-refractivity contribution in [1.82, 2.24) is 4.90 Å². The molecule has 2 aromatic carbocycles. The van der Waals surface area contributed by atoms with Gasteiger partial charge in [-0.2, -0.15) is 5.26 Å². The van der Waals surface area contributed by atoms with Crippen LogP contribution in [0.4, 0.5) is 0 Å². The van der Waals surface area contributed by atoms with Crippen molar-refractivity contribution in [1.29, 1.82) is 5.26 Å². The molecule has 0 aromatic heterocycles. The Kier molecular flexibility index (Phi) is 3.80. The van der Waals surface area contributed by atoms with Crippen LogP contribution in [-0.4, -0.2) is 11.4 Å². The summed E-state index contributed by atoms with van der Waals surface area (Å²) in [6.45, 7) is 3.15. The minimum Gasteiger partial charge on any atom is -0.294 e. The molecular formula is C18H18N2. The first-order valence-corrected chi connectivity index (χ1v) is 7.09. The van der Waals surface area contributed by atoms with Gasteiger partial charge in [-0.05, 0) is 28.7 Å². The van der Waals surface area contributed by atoms with E-state index in [1.54, 1.807) is 0 Å². The van der Waals surface area contributed by atoms with Crippen LogP contribution in [-0.2, 0) is 25.9 Å². The molecule has 0 saturated heterocycles. The molecule has 0 amide bonds. The molecule has 0 unspecified atom stereocenters. The molecule has 3 rings (SSSR count). The van der Waals surface area contributed by atoms with Gasteiger partial charge < -0.3 is 0 Å². The van der Waals surface area contributed by atoms with Crippen molar-refractivity contribution in [2.45, 2.75) is 25.9 Å². The van der Waals surface area contributed by atoms with Gasteiger partial charge in [0.15, 0.2) is 0 Å². The summed E-state index contributed by atoms with van der Waals surface area (Å²) in [4.78, 5) is 2.49. The third kappa shape index (κ3) is 2.89. The van der Waals surface area contributed by atoms with E-state index < -0.39 is 0 Å². The third-order valence-corrected chi connectivity index (χ3v) is 3.92. The molecule has 20 heavy (non-hydrogen) atoms. The van der Waals surface area contributed by atoms with Crippen LogP contribution in [0.1, 0.15) is 22.3 Å². The van der Waals surface area contributed by atoms with E-state index in [4.69, 9.17) is 5.26 Å². The average Bonchev–Trinajstić information content (AvgIpc) is 2.49. The minimum atomic E-state index is 0.497. The van der Waals surface area contributed by atoms with Crippen molar-refractivity contribution in [3.05, 3.63) is 70.8 Å². The lowest BCUT2D eigenvalue weighted by atomic mass is 9.99. The number of nitrogens with zero attached hydrogens (tertiary/aromatic N) is 2. The second kappa shape index (κ2) is 5.90. The Morgan fingerprint density at radius 2 is 1.65 bits per heavy atom. The van der Waals surface area contributed by atoms with E-state index in [0.717, 1.165) is 31.6 Å². The van der Waals surface area contributed by atoms with Crippen molar-refractivity contribution in [3.8, 4) is 6.07 Å². The van der Waals surface area contributed by atoms with Gasteiger partial charge in [0.2, 0.25) is 0 Å². The lowest BCUT2D eigenvalue weighted by Gasteiger charge is -2.28. The standard InChI is InChI=1S/C18H18N2/c19-11-9-15-5-7-16(8-6-15)13-20-12-10-17-3-1-2-4-18(17)14-20/h1-8H,9-10,12-14H2. The molecular weight excluding hydrogens is 244 g/mol. The van der Waals surface area contributed by atoms with Crippen LogP contribution >= 0.6 is 0 Å². The van der Waals surface area contributed by atoms with Gasteiger partial charge in [-0.15, -0.1) is 0 Å². The van der Waals surface area contributed by atoms with E-state index in [-0.39, 0.29) is 0 Å². The van der Waals surface area contributed by atoms with Crippen molar-refractivity contribution in [3.63, 3.8) is 0 Å². The summed E-state index contributed by atoms with van der Waals surface area (Å²) in [7, 11) is 0. The molecule has 0 saturated carbocycles. The van der Waals surface area contributed by atoms with Crippen LogP contribution in [0.25, 0.3) is 0 Å². The van der Waals surface area contributed by atoms with Crippen molar-refractivity contribution in [2.75, 3.05) is 6.54 Å². The molecule has 1 aliphatic heterocycles. The highest BCUT2D eigenvalue weighted by Gasteiger charge is 2.15. The van der Waals surface area contributed by atoms with Crippen LogP contribution in [0, 0.1) is 11.3 Å². The first-order valence-electron chi connectivity index (χ1n) is 7.09. The molecule has 2 aromatic rings. The van der Waals surface area contributed by atoms with Gasteiger partial charge in [0.05, 0.1) is 12.5 Å². The number of hydrogen-bond donors (Lipinski definition) is 0. The van der Waals surface area contributed by atoms with E-state index in [1.165, 1.54) is 16.7 Å². The Hall–Kier alpha value is -2.11. The number of fused-ring (bicyclic) bond motifs is 1. The predicted octanol–water partition coefficient (Wildman–Crippen LogP) is 3.31. The molecule has 2 nitrogen and oxygen atoms in total.